The number of allylic oxidation sites excluding steroid dienone is 1. The molecule has 4 nitrogen and oxygen atoms in total. The van der Waals surface area contributed by atoms with Gasteiger partial charge >= 0.3 is 0 Å². The Labute approximate surface area is 151 Å². The van der Waals surface area contributed by atoms with E-state index in [1.165, 1.54) is 24.3 Å². The quantitative estimate of drug-likeness (QED) is 0.342. The summed E-state index contributed by atoms with van der Waals surface area (Å²) in [6, 6.07) is 4.94. The molecule has 0 aromatic carbocycles. The van der Waals surface area contributed by atoms with Gasteiger partial charge in [0.25, 0.3) is 0 Å². The Bertz CT molecular complexity index is 509. The van der Waals surface area contributed by atoms with Crippen LogP contribution in [0, 0.1) is 5.92 Å². The number of nitrogens with zero attached hydrogens (tertiary/aromatic N) is 2. The van der Waals surface area contributed by atoms with Crippen LogP contribution in [-0.4, -0.2) is 44.1 Å². The van der Waals surface area contributed by atoms with E-state index in [0.29, 0.717) is 12.0 Å². The van der Waals surface area contributed by atoms with Gasteiger partial charge in [0.1, 0.15) is 0 Å². The number of thiophene rings is 1. The third kappa shape index (κ3) is 5.64. The second-order valence-electron chi connectivity index (χ2n) is 6.35. The summed E-state index contributed by atoms with van der Waals surface area (Å²) in [5.41, 5.74) is 0. The van der Waals surface area contributed by atoms with Crippen LogP contribution in [0.1, 0.15) is 44.0 Å². The summed E-state index contributed by atoms with van der Waals surface area (Å²) in [7, 11) is 2.25. The third-order valence-corrected chi connectivity index (χ3v) is 5.45. The molecule has 1 aromatic heterocycles. The fourth-order valence-corrected chi connectivity index (χ4v) is 4.33. The Balaban J connectivity index is 1.98. The molecule has 2 atom stereocenters. The summed E-state index contributed by atoms with van der Waals surface area (Å²) in [6.07, 6.45) is 7.83. The number of aliphatic imine (C=N–C) groups is 1. The Morgan fingerprint density at radius 3 is 3.04 bits per heavy atom. The summed E-state index contributed by atoms with van der Waals surface area (Å²) in [6.45, 7) is 8.06. The largest absolute Gasteiger partial charge is 0.357 e. The van der Waals surface area contributed by atoms with Gasteiger partial charge in [0, 0.05) is 30.6 Å². The van der Waals surface area contributed by atoms with Crippen molar-refractivity contribution >= 4 is 17.3 Å². The zero-order chi connectivity index (χ0) is 17.2. The molecule has 1 aromatic rings. The number of hydrogen-bond acceptors (Lipinski definition) is 3. The van der Waals surface area contributed by atoms with Gasteiger partial charge in [-0.3, -0.25) is 9.89 Å². The molecule has 1 fully saturated rings. The lowest BCUT2D eigenvalue weighted by atomic mass is 9.88. The van der Waals surface area contributed by atoms with Crippen LogP contribution in [0.3, 0.4) is 0 Å². The first kappa shape index (κ1) is 19.0. The predicted octanol–water partition coefficient (Wildman–Crippen LogP) is 3.65. The highest BCUT2D eigenvalue weighted by molar-refractivity contribution is 7.10. The lowest BCUT2D eigenvalue weighted by molar-refractivity contribution is 0.128. The van der Waals surface area contributed by atoms with E-state index in [9.17, 15) is 0 Å². The van der Waals surface area contributed by atoms with Crippen LogP contribution >= 0.6 is 11.3 Å². The van der Waals surface area contributed by atoms with E-state index >= 15 is 0 Å². The van der Waals surface area contributed by atoms with Gasteiger partial charge in [-0.15, -0.1) is 11.3 Å². The summed E-state index contributed by atoms with van der Waals surface area (Å²) >= 11 is 1.87. The van der Waals surface area contributed by atoms with Crippen molar-refractivity contribution < 1.29 is 0 Å². The molecule has 2 heterocycles. The zero-order valence-electron chi connectivity index (χ0n) is 15.3. The van der Waals surface area contributed by atoms with Gasteiger partial charge in [-0.1, -0.05) is 18.2 Å². The van der Waals surface area contributed by atoms with Gasteiger partial charge in [-0.2, -0.15) is 0 Å². The highest BCUT2D eigenvalue weighted by atomic mass is 32.1. The first-order chi connectivity index (χ1) is 11.8. The van der Waals surface area contributed by atoms with Crippen LogP contribution in [-0.2, 0) is 0 Å². The molecule has 0 aliphatic carbocycles. The topological polar surface area (TPSA) is 39.7 Å². The van der Waals surface area contributed by atoms with Gasteiger partial charge in [-0.25, -0.2) is 0 Å². The van der Waals surface area contributed by atoms with Crippen molar-refractivity contribution in [3.63, 3.8) is 0 Å². The van der Waals surface area contributed by atoms with Crippen molar-refractivity contribution in [2.24, 2.45) is 10.9 Å². The molecule has 2 N–H and O–H groups in total. The maximum absolute atomic E-state index is 4.88. The number of rotatable bonds is 7. The van der Waals surface area contributed by atoms with Crippen LogP contribution in [0.25, 0.3) is 0 Å². The molecule has 2 rings (SSSR count). The molecule has 1 aliphatic heterocycles. The van der Waals surface area contributed by atoms with E-state index in [4.69, 9.17) is 4.99 Å². The highest BCUT2D eigenvalue weighted by Gasteiger charge is 2.30. The molecule has 24 heavy (non-hydrogen) atoms. The molecule has 0 saturated carbocycles. The lowest BCUT2D eigenvalue weighted by Gasteiger charge is -2.38. The van der Waals surface area contributed by atoms with Gasteiger partial charge < -0.3 is 10.6 Å². The van der Waals surface area contributed by atoms with Gasteiger partial charge in [-0.05, 0) is 64.1 Å². The first-order valence-corrected chi connectivity index (χ1v) is 10.0. The molecule has 1 saturated heterocycles. The molecule has 5 heteroatoms. The Morgan fingerprint density at radius 1 is 1.46 bits per heavy atom. The minimum Gasteiger partial charge on any atom is -0.357 e. The minimum absolute atomic E-state index is 0.508. The molecule has 0 bridgehead atoms. The van der Waals surface area contributed by atoms with E-state index in [0.717, 1.165) is 32.0 Å². The summed E-state index contributed by atoms with van der Waals surface area (Å²) in [5.74, 6) is 1.54. The normalized spacial score (nSPS) is 22.9. The smallest absolute Gasteiger partial charge is 0.191 e. The number of nitrogens with one attached hydrogen (secondary N) is 2. The highest BCUT2D eigenvalue weighted by Crippen LogP contribution is 2.37. The molecule has 0 amide bonds. The van der Waals surface area contributed by atoms with E-state index < -0.39 is 0 Å². The molecule has 0 spiro atoms. The van der Waals surface area contributed by atoms with E-state index in [-0.39, 0.29) is 0 Å². The van der Waals surface area contributed by atoms with Crippen LogP contribution in [0.2, 0.25) is 0 Å². The van der Waals surface area contributed by atoms with Crippen LogP contribution < -0.4 is 10.6 Å². The monoisotopic (exact) mass is 348 g/mol. The van der Waals surface area contributed by atoms with E-state index in [1.54, 1.807) is 0 Å². The Hall–Kier alpha value is -1.33. The van der Waals surface area contributed by atoms with E-state index in [2.05, 4.69) is 66.1 Å². The van der Waals surface area contributed by atoms with Crippen molar-refractivity contribution in [2.45, 2.75) is 39.2 Å². The number of likely N-dealkylation sites (tertiary alicyclic amines) is 1. The number of guanidine groups is 1. The predicted molar refractivity (Wildman–Crippen MR) is 106 cm³/mol. The molecular weight excluding hydrogens is 316 g/mol. The second kappa shape index (κ2) is 10.5. The van der Waals surface area contributed by atoms with Crippen LogP contribution in [0.15, 0.2) is 34.7 Å². The van der Waals surface area contributed by atoms with Crippen molar-refractivity contribution in [1.82, 2.24) is 15.5 Å². The maximum atomic E-state index is 4.88. The molecule has 134 valence electrons. The van der Waals surface area contributed by atoms with Crippen molar-refractivity contribution in [2.75, 3.05) is 33.2 Å². The number of piperidine rings is 1. The first-order valence-electron chi connectivity index (χ1n) is 9.13. The van der Waals surface area contributed by atoms with Gasteiger partial charge in [0.2, 0.25) is 0 Å². The molecular formula is C19H32N4S. The number of hydrogen-bond donors (Lipinski definition) is 2. The Morgan fingerprint density at radius 2 is 2.33 bits per heavy atom. The van der Waals surface area contributed by atoms with Crippen molar-refractivity contribution in [3.05, 3.63) is 34.5 Å². The fraction of sp³-hybridized carbons (Fsp3) is 0.632. The summed E-state index contributed by atoms with van der Waals surface area (Å²) in [5, 5.41) is 8.98. The second-order valence-corrected chi connectivity index (χ2v) is 7.33. The SMILES string of the molecule is CC=CCCNC(=NCC1CCCN(C)C1c1cccs1)NCC. The molecule has 1 aliphatic rings. The molecule has 2 unspecified atom stereocenters. The lowest BCUT2D eigenvalue weighted by Crippen LogP contribution is -2.40. The Kier molecular flexibility index (Phi) is 8.33. The summed E-state index contributed by atoms with van der Waals surface area (Å²) in [4.78, 5) is 8.85. The zero-order valence-corrected chi connectivity index (χ0v) is 16.1. The molecule has 0 radical (unpaired) electrons. The maximum Gasteiger partial charge on any atom is 0.191 e. The van der Waals surface area contributed by atoms with Gasteiger partial charge in [0.05, 0.1) is 0 Å². The van der Waals surface area contributed by atoms with E-state index in [1.807, 2.05) is 11.3 Å². The van der Waals surface area contributed by atoms with Crippen LogP contribution in [0.5, 0.6) is 0 Å². The van der Waals surface area contributed by atoms with Crippen molar-refractivity contribution in [1.29, 1.82) is 0 Å². The average molecular weight is 349 g/mol. The van der Waals surface area contributed by atoms with Crippen molar-refractivity contribution in [3.8, 4) is 0 Å². The average Bonchev–Trinajstić information content (AvgIpc) is 3.10. The fourth-order valence-electron chi connectivity index (χ4n) is 3.35. The third-order valence-electron chi connectivity index (χ3n) is 4.51. The standard InChI is InChI=1S/C19H32N4S/c1-4-6-7-12-21-19(20-5-2)22-15-16-10-8-13-23(3)18(16)17-11-9-14-24-17/h4,6,9,11,14,16,18H,5,7-8,10,12-13,15H2,1-3H3,(H2,20,21,22). The van der Waals surface area contributed by atoms with Gasteiger partial charge in [0.15, 0.2) is 5.96 Å². The summed E-state index contributed by atoms with van der Waals surface area (Å²) < 4.78 is 0. The minimum atomic E-state index is 0.508. The van der Waals surface area contributed by atoms with Crippen LogP contribution in [0.4, 0.5) is 0 Å².